The minimum Gasteiger partial charge on any atom is -0.482 e. The SMILES string of the molecule is C=C(C=C(C(C)=O)C(C)C)Cc1c(C)cc(OCC(=O)O)cc1C. The van der Waals surface area contributed by atoms with E-state index in [2.05, 4.69) is 6.58 Å². The molecule has 0 fully saturated rings. The first-order valence-electron chi connectivity index (χ1n) is 7.96. The van der Waals surface area contributed by atoms with Gasteiger partial charge < -0.3 is 9.84 Å². The molecule has 1 aromatic carbocycles. The van der Waals surface area contributed by atoms with Gasteiger partial charge in [-0.2, -0.15) is 0 Å². The zero-order valence-electron chi connectivity index (χ0n) is 15.1. The van der Waals surface area contributed by atoms with Crippen LogP contribution in [-0.2, 0) is 16.0 Å². The highest BCUT2D eigenvalue weighted by atomic mass is 16.5. The number of Topliss-reactive ketones (excluding diaryl/α,β-unsaturated/α-hetero) is 1. The Morgan fingerprint density at radius 1 is 1.25 bits per heavy atom. The summed E-state index contributed by atoms with van der Waals surface area (Å²) in [6.45, 7) is 13.2. The zero-order valence-corrected chi connectivity index (χ0v) is 15.1. The highest BCUT2D eigenvalue weighted by Gasteiger charge is 2.11. The molecule has 0 spiro atoms. The third kappa shape index (κ3) is 5.69. The smallest absolute Gasteiger partial charge is 0.341 e. The molecule has 0 radical (unpaired) electrons. The van der Waals surface area contributed by atoms with Crippen LogP contribution < -0.4 is 4.74 Å². The van der Waals surface area contributed by atoms with E-state index in [1.54, 1.807) is 6.92 Å². The summed E-state index contributed by atoms with van der Waals surface area (Å²) in [5.74, 6) is -0.229. The number of hydrogen-bond donors (Lipinski definition) is 1. The highest BCUT2D eigenvalue weighted by molar-refractivity contribution is 5.94. The van der Waals surface area contributed by atoms with Crippen LogP contribution in [0.4, 0.5) is 0 Å². The molecule has 0 saturated carbocycles. The highest BCUT2D eigenvalue weighted by Crippen LogP contribution is 2.25. The van der Waals surface area contributed by atoms with Gasteiger partial charge in [-0.15, -0.1) is 0 Å². The summed E-state index contributed by atoms with van der Waals surface area (Å²) in [5, 5.41) is 8.69. The van der Waals surface area contributed by atoms with E-state index in [1.165, 1.54) is 0 Å². The van der Waals surface area contributed by atoms with Gasteiger partial charge in [-0.3, -0.25) is 4.79 Å². The Morgan fingerprint density at radius 2 is 1.79 bits per heavy atom. The first-order chi connectivity index (χ1) is 11.1. The number of aryl methyl sites for hydroxylation is 2. The lowest BCUT2D eigenvalue weighted by Gasteiger charge is -2.14. The fraction of sp³-hybridized carbons (Fsp3) is 0.400. The molecule has 0 bridgehead atoms. The molecule has 1 N–H and O–H groups in total. The summed E-state index contributed by atoms with van der Waals surface area (Å²) >= 11 is 0. The molecule has 1 rings (SSSR count). The molecular formula is C20H26O4. The fourth-order valence-corrected chi connectivity index (χ4v) is 2.63. The second kappa shape index (κ2) is 8.48. The average molecular weight is 330 g/mol. The molecule has 0 unspecified atom stereocenters. The van der Waals surface area contributed by atoms with Crippen LogP contribution in [0.2, 0.25) is 0 Å². The number of hydrogen-bond acceptors (Lipinski definition) is 3. The number of rotatable bonds is 8. The maximum Gasteiger partial charge on any atom is 0.341 e. The van der Waals surface area contributed by atoms with Crippen LogP contribution in [0.15, 0.2) is 35.9 Å². The third-order valence-corrected chi connectivity index (χ3v) is 3.82. The summed E-state index contributed by atoms with van der Waals surface area (Å²) < 4.78 is 5.24. The minimum absolute atomic E-state index is 0.0667. The quantitative estimate of drug-likeness (QED) is 0.577. The van der Waals surface area contributed by atoms with Gasteiger partial charge in [0.05, 0.1) is 0 Å². The van der Waals surface area contributed by atoms with Crippen LogP contribution in [0.3, 0.4) is 0 Å². The van der Waals surface area contributed by atoms with E-state index in [0.29, 0.717) is 12.2 Å². The van der Waals surface area contributed by atoms with Gasteiger partial charge in [-0.25, -0.2) is 4.79 Å². The molecule has 0 aliphatic carbocycles. The van der Waals surface area contributed by atoms with Crippen LogP contribution in [0.25, 0.3) is 0 Å². The molecule has 0 heterocycles. The number of carboxylic acid groups (broad SMARTS) is 1. The summed E-state index contributed by atoms with van der Waals surface area (Å²) in [7, 11) is 0. The maximum absolute atomic E-state index is 11.7. The molecule has 0 saturated heterocycles. The molecular weight excluding hydrogens is 304 g/mol. The van der Waals surface area contributed by atoms with Crippen molar-refractivity contribution >= 4 is 11.8 Å². The number of carbonyl (C=O) groups excluding carboxylic acids is 1. The van der Waals surface area contributed by atoms with Gasteiger partial charge in [0.25, 0.3) is 0 Å². The molecule has 0 aromatic heterocycles. The number of aliphatic carboxylic acids is 1. The van der Waals surface area contributed by atoms with Crippen LogP contribution in [0.5, 0.6) is 5.75 Å². The third-order valence-electron chi connectivity index (χ3n) is 3.82. The summed E-state index contributed by atoms with van der Waals surface area (Å²) in [6.07, 6.45) is 2.51. The van der Waals surface area contributed by atoms with Crippen molar-refractivity contribution in [1.82, 2.24) is 0 Å². The predicted molar refractivity (Wildman–Crippen MR) is 95.5 cm³/mol. The van der Waals surface area contributed by atoms with Crippen LogP contribution in [-0.4, -0.2) is 23.5 Å². The number of carboxylic acids is 1. The summed E-state index contributed by atoms with van der Waals surface area (Å²) in [6, 6.07) is 3.66. The van der Waals surface area contributed by atoms with Crippen molar-refractivity contribution in [2.45, 2.75) is 41.0 Å². The second-order valence-electron chi connectivity index (χ2n) is 6.36. The number of ether oxygens (including phenoxy) is 1. The Labute approximate surface area is 143 Å². The Morgan fingerprint density at radius 3 is 2.21 bits per heavy atom. The lowest BCUT2D eigenvalue weighted by atomic mass is 9.92. The van der Waals surface area contributed by atoms with Gasteiger partial charge in [0.2, 0.25) is 0 Å². The van der Waals surface area contributed by atoms with Gasteiger partial charge in [0.15, 0.2) is 12.4 Å². The molecule has 4 heteroatoms. The Balaban J connectivity index is 2.99. The fourth-order valence-electron chi connectivity index (χ4n) is 2.63. The minimum atomic E-state index is -1.00. The van der Waals surface area contributed by atoms with Crippen molar-refractivity contribution in [3.8, 4) is 5.75 Å². The molecule has 130 valence electrons. The van der Waals surface area contributed by atoms with E-state index in [4.69, 9.17) is 9.84 Å². The number of allylic oxidation sites excluding steroid dienone is 3. The molecule has 0 atom stereocenters. The maximum atomic E-state index is 11.7. The average Bonchev–Trinajstić information content (AvgIpc) is 2.45. The molecule has 0 aliphatic rings. The van der Waals surface area contributed by atoms with Crippen LogP contribution in [0, 0.1) is 19.8 Å². The first-order valence-corrected chi connectivity index (χ1v) is 7.96. The zero-order chi connectivity index (χ0) is 18.4. The number of benzene rings is 1. The van der Waals surface area contributed by atoms with Crippen molar-refractivity contribution in [2.75, 3.05) is 6.61 Å². The molecule has 0 amide bonds. The monoisotopic (exact) mass is 330 g/mol. The van der Waals surface area contributed by atoms with E-state index >= 15 is 0 Å². The molecule has 1 aromatic rings. The first kappa shape index (κ1) is 19.7. The van der Waals surface area contributed by atoms with Gasteiger partial charge in [-0.1, -0.05) is 32.1 Å². The Kier molecular flexibility index (Phi) is 6.96. The number of ketones is 1. The van der Waals surface area contributed by atoms with Crippen LogP contribution >= 0.6 is 0 Å². The topological polar surface area (TPSA) is 63.6 Å². The lowest BCUT2D eigenvalue weighted by molar-refractivity contribution is -0.139. The number of carbonyl (C=O) groups is 2. The van der Waals surface area contributed by atoms with E-state index in [9.17, 15) is 9.59 Å². The molecule has 0 aliphatic heterocycles. The van der Waals surface area contributed by atoms with Crippen molar-refractivity contribution < 1.29 is 19.4 Å². The molecule has 4 nitrogen and oxygen atoms in total. The molecule has 24 heavy (non-hydrogen) atoms. The Bertz CT molecular complexity index is 658. The summed E-state index contributed by atoms with van der Waals surface area (Å²) in [5.41, 5.74) is 4.79. The van der Waals surface area contributed by atoms with Crippen molar-refractivity contribution in [1.29, 1.82) is 0 Å². The lowest BCUT2D eigenvalue weighted by Crippen LogP contribution is -2.10. The van der Waals surface area contributed by atoms with E-state index < -0.39 is 5.97 Å². The van der Waals surface area contributed by atoms with Crippen LogP contribution in [0.1, 0.15) is 37.5 Å². The van der Waals surface area contributed by atoms with Gasteiger partial charge >= 0.3 is 5.97 Å². The van der Waals surface area contributed by atoms with Crippen molar-refractivity contribution in [3.05, 3.63) is 52.6 Å². The second-order valence-corrected chi connectivity index (χ2v) is 6.36. The van der Waals surface area contributed by atoms with Gasteiger partial charge in [0, 0.05) is 0 Å². The standard InChI is InChI=1S/C20H26O4/c1-12(2)18(16(6)21)7-13(3)8-19-14(4)9-17(10-15(19)5)24-11-20(22)23/h7,9-10,12H,3,8,11H2,1-2,4-6H3,(H,22,23). The normalized spacial score (nSPS) is 11.5. The summed E-state index contributed by atoms with van der Waals surface area (Å²) in [4.78, 5) is 22.3. The van der Waals surface area contributed by atoms with E-state index in [0.717, 1.165) is 27.8 Å². The van der Waals surface area contributed by atoms with Crippen molar-refractivity contribution in [2.24, 2.45) is 5.92 Å². The van der Waals surface area contributed by atoms with Gasteiger partial charge in [-0.05, 0) is 67.5 Å². The largest absolute Gasteiger partial charge is 0.482 e. The predicted octanol–water partition coefficient (Wildman–Crippen LogP) is 4.04. The Hall–Kier alpha value is -2.36. The van der Waals surface area contributed by atoms with Crippen molar-refractivity contribution in [3.63, 3.8) is 0 Å². The van der Waals surface area contributed by atoms with Gasteiger partial charge in [0.1, 0.15) is 5.75 Å². The van der Waals surface area contributed by atoms with E-state index in [-0.39, 0.29) is 18.3 Å². The van der Waals surface area contributed by atoms with E-state index in [1.807, 2.05) is 45.9 Å².